The molecule has 1 aromatic rings. The van der Waals surface area contributed by atoms with Crippen LogP contribution in [0.3, 0.4) is 0 Å². The first-order valence-corrected chi connectivity index (χ1v) is 6.59. The van der Waals surface area contributed by atoms with Gasteiger partial charge in [-0.05, 0) is 46.8 Å². The number of aliphatic hydroxyl groups is 1. The van der Waals surface area contributed by atoms with Crippen LogP contribution in [0.4, 0.5) is 5.69 Å². The summed E-state index contributed by atoms with van der Waals surface area (Å²) >= 11 is 3.39. The van der Waals surface area contributed by atoms with Gasteiger partial charge in [0.1, 0.15) is 11.7 Å². The van der Waals surface area contributed by atoms with Crippen molar-refractivity contribution in [3.63, 3.8) is 0 Å². The van der Waals surface area contributed by atoms with Crippen molar-refractivity contribution in [3.8, 4) is 6.07 Å². The van der Waals surface area contributed by atoms with Gasteiger partial charge in [0.05, 0.1) is 11.3 Å². The number of halogens is 1. The van der Waals surface area contributed by atoms with E-state index in [9.17, 15) is 5.11 Å². The van der Waals surface area contributed by atoms with E-state index in [2.05, 4.69) is 26.9 Å². The first kappa shape index (κ1) is 11.1. The average molecular weight is 293 g/mol. The Bertz CT molecular complexity index is 499. The number of anilines is 1. The van der Waals surface area contributed by atoms with Gasteiger partial charge in [0.15, 0.2) is 0 Å². The van der Waals surface area contributed by atoms with Crippen LogP contribution in [0.2, 0.25) is 0 Å². The van der Waals surface area contributed by atoms with Gasteiger partial charge in [-0.25, -0.2) is 0 Å². The molecule has 0 unspecified atom stereocenters. The molecule has 1 N–H and O–H groups in total. The summed E-state index contributed by atoms with van der Waals surface area (Å²) in [7, 11) is 0. The van der Waals surface area contributed by atoms with Crippen molar-refractivity contribution in [2.75, 3.05) is 18.0 Å². The van der Waals surface area contributed by atoms with E-state index in [1.165, 1.54) is 0 Å². The Labute approximate surface area is 109 Å². The topological polar surface area (TPSA) is 47.3 Å². The molecule has 1 heterocycles. The lowest BCUT2D eigenvalue weighted by molar-refractivity contribution is -0.00932. The van der Waals surface area contributed by atoms with Crippen molar-refractivity contribution in [1.82, 2.24) is 0 Å². The quantitative estimate of drug-likeness (QED) is 0.910. The van der Waals surface area contributed by atoms with Gasteiger partial charge >= 0.3 is 0 Å². The number of rotatable bonds is 2. The number of nitrogens with zero attached hydrogens (tertiary/aromatic N) is 2. The average Bonchev–Trinajstić information content (AvgIpc) is 3.08. The summed E-state index contributed by atoms with van der Waals surface area (Å²) in [6, 6.07) is 7.95. The minimum Gasteiger partial charge on any atom is -0.386 e. The summed E-state index contributed by atoms with van der Waals surface area (Å²) in [5.74, 6) is 0.483. The van der Waals surface area contributed by atoms with Crippen LogP contribution in [-0.4, -0.2) is 23.8 Å². The van der Waals surface area contributed by atoms with Gasteiger partial charge in [-0.15, -0.1) is 0 Å². The molecule has 0 atom stereocenters. The van der Waals surface area contributed by atoms with Crippen LogP contribution in [-0.2, 0) is 0 Å². The third-order valence-electron chi connectivity index (χ3n) is 3.71. The lowest BCUT2D eigenvalue weighted by atomic mass is 9.88. The fraction of sp³-hybridized carbons (Fsp3) is 0.462. The predicted molar refractivity (Wildman–Crippen MR) is 68.7 cm³/mol. The summed E-state index contributed by atoms with van der Waals surface area (Å²) in [5.41, 5.74) is 1.08. The van der Waals surface area contributed by atoms with Gasteiger partial charge in [-0.3, -0.25) is 0 Å². The van der Waals surface area contributed by atoms with Gasteiger partial charge in [-0.2, -0.15) is 5.26 Å². The largest absolute Gasteiger partial charge is 0.386 e. The second-order valence-electron chi connectivity index (χ2n) is 4.98. The van der Waals surface area contributed by atoms with Crippen molar-refractivity contribution in [2.45, 2.75) is 18.4 Å². The van der Waals surface area contributed by atoms with E-state index in [1.54, 1.807) is 0 Å². The maximum atomic E-state index is 10.3. The smallest absolute Gasteiger partial charge is 0.103 e. The van der Waals surface area contributed by atoms with Crippen LogP contribution in [0.1, 0.15) is 18.4 Å². The Morgan fingerprint density at radius 3 is 2.71 bits per heavy atom. The number of hydrogen-bond acceptors (Lipinski definition) is 3. The first-order valence-electron chi connectivity index (χ1n) is 5.80. The van der Waals surface area contributed by atoms with E-state index in [0.29, 0.717) is 24.6 Å². The van der Waals surface area contributed by atoms with Crippen LogP contribution in [0.15, 0.2) is 22.7 Å². The molecule has 3 nitrogen and oxygen atoms in total. The zero-order valence-electron chi connectivity index (χ0n) is 9.36. The van der Waals surface area contributed by atoms with Crippen LogP contribution in [0, 0.1) is 17.2 Å². The van der Waals surface area contributed by atoms with Crippen LogP contribution >= 0.6 is 15.9 Å². The highest BCUT2D eigenvalue weighted by Crippen LogP contribution is 2.46. The molecule has 0 spiro atoms. The van der Waals surface area contributed by atoms with E-state index < -0.39 is 5.60 Å². The molecule has 1 saturated carbocycles. The van der Waals surface area contributed by atoms with Crippen LogP contribution < -0.4 is 4.90 Å². The Morgan fingerprint density at radius 1 is 1.41 bits per heavy atom. The summed E-state index contributed by atoms with van der Waals surface area (Å²) in [6.07, 6.45) is 2.29. The number of β-amino-alcohol motifs (C(OH)–C–C–N with tert-alkyl or cyclic N) is 1. The molecule has 2 fully saturated rings. The lowest BCUT2D eigenvalue weighted by Gasteiger charge is -2.48. The molecule has 0 aromatic heterocycles. The Hall–Kier alpha value is -1.05. The standard InChI is InChI=1S/C13H13BrN2O/c14-11-2-1-3-12(10(11)6-15)16-7-13(17,8-16)9-4-5-9/h1-3,9,17H,4-5,7-8H2. The highest BCUT2D eigenvalue weighted by atomic mass is 79.9. The Morgan fingerprint density at radius 2 is 2.12 bits per heavy atom. The summed E-state index contributed by atoms with van der Waals surface area (Å²) in [6.45, 7) is 1.31. The predicted octanol–water partition coefficient (Wildman–Crippen LogP) is 2.28. The maximum absolute atomic E-state index is 10.3. The zero-order valence-corrected chi connectivity index (χ0v) is 10.9. The van der Waals surface area contributed by atoms with Crippen LogP contribution in [0.25, 0.3) is 0 Å². The molecule has 0 radical (unpaired) electrons. The monoisotopic (exact) mass is 292 g/mol. The molecule has 0 bridgehead atoms. The van der Waals surface area contributed by atoms with Gasteiger partial charge in [0.25, 0.3) is 0 Å². The van der Waals surface area contributed by atoms with Crippen molar-refractivity contribution < 1.29 is 5.11 Å². The molecule has 17 heavy (non-hydrogen) atoms. The van der Waals surface area contributed by atoms with Gasteiger partial charge in [0, 0.05) is 17.6 Å². The fourth-order valence-electron chi connectivity index (χ4n) is 2.55. The molecule has 4 heteroatoms. The van der Waals surface area contributed by atoms with Gasteiger partial charge in [0.2, 0.25) is 0 Å². The van der Waals surface area contributed by atoms with Gasteiger partial charge in [-0.1, -0.05) is 6.07 Å². The Kier molecular flexibility index (Phi) is 2.42. The van der Waals surface area contributed by atoms with Crippen LogP contribution in [0.5, 0.6) is 0 Å². The number of nitriles is 1. The highest BCUT2D eigenvalue weighted by molar-refractivity contribution is 9.10. The second-order valence-corrected chi connectivity index (χ2v) is 5.83. The van der Waals surface area contributed by atoms with E-state index in [-0.39, 0.29) is 0 Å². The molecule has 0 amide bonds. The van der Waals surface area contributed by atoms with Crippen molar-refractivity contribution in [2.24, 2.45) is 5.92 Å². The molecule has 3 rings (SSSR count). The van der Waals surface area contributed by atoms with E-state index >= 15 is 0 Å². The van der Waals surface area contributed by atoms with E-state index in [1.807, 2.05) is 18.2 Å². The first-order chi connectivity index (χ1) is 8.14. The molecular formula is C13H13BrN2O. The molecule has 1 aromatic carbocycles. The van der Waals surface area contributed by atoms with Gasteiger partial charge < -0.3 is 10.0 Å². The summed E-state index contributed by atoms with van der Waals surface area (Å²) in [4.78, 5) is 2.08. The molecular weight excluding hydrogens is 280 g/mol. The minimum atomic E-state index is -0.505. The van der Waals surface area contributed by atoms with E-state index in [4.69, 9.17) is 5.26 Å². The van der Waals surface area contributed by atoms with Crippen molar-refractivity contribution >= 4 is 21.6 Å². The third kappa shape index (κ3) is 1.74. The normalized spacial score (nSPS) is 21.8. The third-order valence-corrected chi connectivity index (χ3v) is 4.37. The molecule has 88 valence electrons. The van der Waals surface area contributed by atoms with E-state index in [0.717, 1.165) is 23.0 Å². The molecule has 2 aliphatic rings. The molecule has 1 saturated heterocycles. The minimum absolute atomic E-state index is 0.483. The summed E-state index contributed by atoms with van der Waals surface area (Å²) < 4.78 is 0.819. The fourth-order valence-corrected chi connectivity index (χ4v) is 3.00. The Balaban J connectivity index is 1.83. The van der Waals surface area contributed by atoms with Crippen molar-refractivity contribution in [1.29, 1.82) is 5.26 Å². The lowest BCUT2D eigenvalue weighted by Crippen LogP contribution is -2.63. The number of hydrogen-bond donors (Lipinski definition) is 1. The highest BCUT2D eigenvalue weighted by Gasteiger charge is 2.52. The molecule has 1 aliphatic heterocycles. The van der Waals surface area contributed by atoms with Crippen molar-refractivity contribution in [3.05, 3.63) is 28.2 Å². The molecule has 1 aliphatic carbocycles. The number of benzene rings is 1. The second kappa shape index (κ2) is 3.72. The summed E-state index contributed by atoms with van der Waals surface area (Å²) in [5, 5.41) is 19.4. The SMILES string of the molecule is N#Cc1c(Br)cccc1N1CC(O)(C2CC2)C1. The zero-order chi connectivity index (χ0) is 12.0. The maximum Gasteiger partial charge on any atom is 0.103 e.